The molecule has 6 rings (SSSR count). The molecule has 0 saturated carbocycles. The largest absolute Gasteiger partial charge is 0.305 e. The van der Waals surface area contributed by atoms with E-state index in [1.54, 1.807) is 24.3 Å². The monoisotopic (exact) mass is 562 g/mol. The van der Waals surface area contributed by atoms with E-state index in [0.717, 1.165) is 53.8 Å². The maximum Gasteiger partial charge on any atom is 0.262 e. The number of nitrogens with one attached hydrogen (secondary N) is 1. The fourth-order valence-electron chi connectivity index (χ4n) is 6.07. The van der Waals surface area contributed by atoms with Crippen molar-refractivity contribution in [3.63, 3.8) is 0 Å². The number of hydrogen-bond donors (Lipinski definition) is 1. The highest BCUT2D eigenvalue weighted by Gasteiger charge is 2.33. The number of carbonyl (C=O) groups is 4. The summed E-state index contributed by atoms with van der Waals surface area (Å²) in [4.78, 5) is 57.0. The van der Waals surface area contributed by atoms with Crippen molar-refractivity contribution in [3.8, 4) is 0 Å². The summed E-state index contributed by atoms with van der Waals surface area (Å²) in [7, 11) is 2.01. The van der Waals surface area contributed by atoms with Gasteiger partial charge in [-0.25, -0.2) is 0 Å². The molecule has 0 spiro atoms. The predicted molar refractivity (Wildman–Crippen MR) is 163 cm³/mol. The molecule has 42 heavy (non-hydrogen) atoms. The molecule has 0 fully saturated rings. The molecule has 0 saturated heterocycles. The molecule has 0 atom stereocenters. The molecule has 4 aromatic carbocycles. The molecule has 1 N–H and O–H groups in total. The van der Waals surface area contributed by atoms with E-state index in [4.69, 9.17) is 0 Å². The van der Waals surface area contributed by atoms with E-state index in [9.17, 15) is 19.2 Å². The van der Waals surface area contributed by atoms with Crippen molar-refractivity contribution in [3.05, 3.63) is 95.1 Å². The van der Waals surface area contributed by atoms with Crippen LogP contribution >= 0.6 is 0 Å². The molecule has 0 radical (unpaired) electrons. The van der Waals surface area contributed by atoms with Crippen LogP contribution < -0.4 is 5.32 Å². The summed E-state index contributed by atoms with van der Waals surface area (Å²) < 4.78 is 0. The first kappa shape index (κ1) is 27.8. The summed E-state index contributed by atoms with van der Waals surface area (Å²) in [5, 5.41) is 6.58. The summed E-state index contributed by atoms with van der Waals surface area (Å²) in [5.74, 6) is -0.957. The van der Waals surface area contributed by atoms with Gasteiger partial charge in [-0.05, 0) is 68.0 Å². The van der Waals surface area contributed by atoms with Gasteiger partial charge < -0.3 is 4.90 Å². The summed E-state index contributed by atoms with van der Waals surface area (Å²) in [6.45, 7) is 2.75. The van der Waals surface area contributed by atoms with E-state index in [1.165, 1.54) is 9.80 Å². The molecule has 2 aliphatic rings. The number of benzene rings is 4. The minimum Gasteiger partial charge on any atom is -0.305 e. The smallest absolute Gasteiger partial charge is 0.262 e. The number of hydrogen-bond acceptors (Lipinski definition) is 6. The molecule has 0 bridgehead atoms. The van der Waals surface area contributed by atoms with Crippen molar-refractivity contribution in [2.75, 3.05) is 39.9 Å². The molecule has 2 heterocycles. The molecular formula is C34H34N4O4. The highest BCUT2D eigenvalue weighted by atomic mass is 16.2. The van der Waals surface area contributed by atoms with Gasteiger partial charge in [0.2, 0.25) is 0 Å². The molecule has 0 aromatic heterocycles. The van der Waals surface area contributed by atoms with Crippen molar-refractivity contribution in [2.45, 2.75) is 25.7 Å². The Morgan fingerprint density at radius 1 is 0.571 bits per heavy atom. The van der Waals surface area contributed by atoms with Gasteiger partial charge in [0.05, 0.1) is 6.67 Å². The maximum atomic E-state index is 13.1. The Labute approximate surface area is 244 Å². The fraction of sp³-hybridized carbons (Fsp3) is 0.294. The fourth-order valence-corrected chi connectivity index (χ4v) is 6.07. The number of likely N-dealkylation sites (N-methyl/N-ethyl adjacent to an activating group) is 1. The first-order chi connectivity index (χ1) is 20.5. The van der Waals surface area contributed by atoms with E-state index < -0.39 is 0 Å². The van der Waals surface area contributed by atoms with Gasteiger partial charge in [0.15, 0.2) is 0 Å². The van der Waals surface area contributed by atoms with Crippen molar-refractivity contribution in [1.82, 2.24) is 20.0 Å². The SMILES string of the molecule is CN(CCCCCCNCN1C(=O)c2cccc3cccc(c23)C1=O)CCN1C(=O)c2cccc3cccc(c23)C1=O. The first-order valence-corrected chi connectivity index (χ1v) is 14.6. The molecular weight excluding hydrogens is 528 g/mol. The molecule has 214 valence electrons. The molecule has 8 heteroatoms. The average molecular weight is 563 g/mol. The number of amides is 4. The Balaban J connectivity index is 0.899. The molecule has 0 unspecified atom stereocenters. The van der Waals surface area contributed by atoms with Crippen molar-refractivity contribution < 1.29 is 19.2 Å². The Kier molecular flexibility index (Phi) is 7.82. The van der Waals surface area contributed by atoms with Gasteiger partial charge in [-0.2, -0.15) is 0 Å². The van der Waals surface area contributed by atoms with Crippen LogP contribution in [-0.2, 0) is 0 Å². The average Bonchev–Trinajstić information content (AvgIpc) is 3.01. The second-order valence-electron chi connectivity index (χ2n) is 11.1. The van der Waals surface area contributed by atoms with Crippen LogP contribution in [0.15, 0.2) is 72.8 Å². The normalized spacial score (nSPS) is 14.6. The second kappa shape index (κ2) is 11.8. The van der Waals surface area contributed by atoms with Crippen LogP contribution in [0.5, 0.6) is 0 Å². The van der Waals surface area contributed by atoms with Gasteiger partial charge in [0.25, 0.3) is 23.6 Å². The predicted octanol–water partition coefficient (Wildman–Crippen LogP) is 4.92. The molecule has 0 aliphatic carbocycles. The third kappa shape index (κ3) is 5.08. The summed E-state index contributed by atoms with van der Waals surface area (Å²) in [5.41, 5.74) is 2.33. The Bertz CT molecular complexity index is 1610. The second-order valence-corrected chi connectivity index (χ2v) is 11.1. The van der Waals surface area contributed by atoms with Gasteiger partial charge in [-0.1, -0.05) is 61.4 Å². The highest BCUT2D eigenvalue weighted by molar-refractivity contribution is 6.26. The van der Waals surface area contributed by atoms with Crippen LogP contribution in [0, 0.1) is 0 Å². The number of unbranched alkanes of at least 4 members (excludes halogenated alkanes) is 3. The summed E-state index contributed by atoms with van der Waals surface area (Å²) in [6, 6.07) is 22.3. The van der Waals surface area contributed by atoms with Crippen LogP contribution in [0.1, 0.15) is 67.1 Å². The molecule has 2 aliphatic heterocycles. The van der Waals surface area contributed by atoms with Crippen LogP contribution in [0.2, 0.25) is 0 Å². The zero-order valence-electron chi connectivity index (χ0n) is 23.8. The summed E-state index contributed by atoms with van der Waals surface area (Å²) >= 11 is 0. The van der Waals surface area contributed by atoms with Crippen LogP contribution in [-0.4, -0.2) is 78.2 Å². The number of carbonyl (C=O) groups excluding carboxylic acids is 4. The minimum absolute atomic E-state index is 0.193. The Hall–Kier alpha value is -4.40. The first-order valence-electron chi connectivity index (χ1n) is 14.6. The molecule has 8 nitrogen and oxygen atoms in total. The quantitative estimate of drug-likeness (QED) is 0.195. The van der Waals surface area contributed by atoms with Crippen LogP contribution in [0.25, 0.3) is 21.5 Å². The van der Waals surface area contributed by atoms with E-state index >= 15 is 0 Å². The van der Waals surface area contributed by atoms with Crippen molar-refractivity contribution in [1.29, 1.82) is 0 Å². The zero-order chi connectivity index (χ0) is 29.2. The van der Waals surface area contributed by atoms with Gasteiger partial charge in [-0.3, -0.25) is 34.3 Å². The van der Waals surface area contributed by atoms with E-state index in [2.05, 4.69) is 10.2 Å². The topological polar surface area (TPSA) is 90.0 Å². The zero-order valence-corrected chi connectivity index (χ0v) is 23.8. The number of rotatable bonds is 12. The van der Waals surface area contributed by atoms with Gasteiger partial charge in [0, 0.05) is 46.1 Å². The van der Waals surface area contributed by atoms with Gasteiger partial charge in [0.1, 0.15) is 0 Å². The maximum absolute atomic E-state index is 13.1. The Morgan fingerprint density at radius 3 is 1.52 bits per heavy atom. The minimum atomic E-state index is -0.256. The molecule has 4 amide bonds. The highest BCUT2D eigenvalue weighted by Crippen LogP contribution is 2.31. The van der Waals surface area contributed by atoms with E-state index in [1.807, 2.05) is 55.6 Å². The lowest BCUT2D eigenvalue weighted by molar-refractivity contribution is 0.0582. The number of nitrogens with zero attached hydrogens (tertiary/aromatic N) is 3. The lowest BCUT2D eigenvalue weighted by atomic mass is 9.94. The van der Waals surface area contributed by atoms with Gasteiger partial charge in [-0.15, -0.1) is 0 Å². The van der Waals surface area contributed by atoms with E-state index in [0.29, 0.717) is 41.9 Å². The third-order valence-electron chi connectivity index (χ3n) is 8.33. The van der Waals surface area contributed by atoms with Gasteiger partial charge >= 0.3 is 0 Å². The summed E-state index contributed by atoms with van der Waals surface area (Å²) in [6.07, 6.45) is 4.01. The number of imide groups is 2. The van der Waals surface area contributed by atoms with E-state index in [-0.39, 0.29) is 30.3 Å². The lowest BCUT2D eigenvalue weighted by Crippen LogP contribution is -2.45. The third-order valence-corrected chi connectivity index (χ3v) is 8.33. The molecule has 4 aromatic rings. The lowest BCUT2D eigenvalue weighted by Gasteiger charge is -2.28. The van der Waals surface area contributed by atoms with Crippen LogP contribution in [0.4, 0.5) is 0 Å². The van der Waals surface area contributed by atoms with Crippen molar-refractivity contribution >= 4 is 45.2 Å². The Morgan fingerprint density at radius 2 is 1.02 bits per heavy atom. The van der Waals surface area contributed by atoms with Crippen molar-refractivity contribution in [2.24, 2.45) is 0 Å². The standard InChI is InChI=1S/C34H34N4O4/c1-36(20-21-37-31(39)25-14-6-10-23-11-7-15-26(29(23)25)32(37)40)19-5-3-2-4-18-35-22-38-33(41)27-16-8-12-24-13-9-17-28(30(24)27)34(38)42/h6-17,35H,2-5,18-22H2,1H3. The van der Waals surface area contributed by atoms with Crippen LogP contribution in [0.3, 0.4) is 0 Å².